The third-order valence-corrected chi connectivity index (χ3v) is 4.73. The topological polar surface area (TPSA) is 61.7 Å². The normalized spacial score (nSPS) is 11.4. The third-order valence-electron chi connectivity index (χ3n) is 4.73. The van der Waals surface area contributed by atoms with Gasteiger partial charge in [-0.2, -0.15) is 0 Å². The molecule has 0 aromatic heterocycles. The van der Waals surface area contributed by atoms with Gasteiger partial charge in [-0.3, -0.25) is 0 Å². The predicted molar refractivity (Wildman–Crippen MR) is 116 cm³/mol. The zero-order valence-corrected chi connectivity index (χ0v) is 17.8. The van der Waals surface area contributed by atoms with Crippen LogP contribution in [-0.4, -0.2) is 36.1 Å². The second-order valence-corrected chi connectivity index (χ2v) is 7.39. The molecule has 0 spiro atoms. The molecule has 0 aliphatic heterocycles. The predicted octanol–water partition coefficient (Wildman–Crippen LogP) is 5.45. The molecule has 0 fully saturated rings. The summed E-state index contributed by atoms with van der Waals surface area (Å²) in [6.45, 7) is 6.42. The third kappa shape index (κ3) is 19.6. The van der Waals surface area contributed by atoms with Gasteiger partial charge < -0.3 is 20.3 Å². The monoisotopic (exact) mass is 383 g/mol. The first kappa shape index (κ1) is 26.0. The highest BCUT2D eigenvalue weighted by atomic mass is 16.5. The molecule has 0 amide bonds. The summed E-state index contributed by atoms with van der Waals surface area (Å²) in [7, 11) is 0. The van der Waals surface area contributed by atoms with E-state index in [2.05, 4.69) is 31.0 Å². The summed E-state index contributed by atoms with van der Waals surface area (Å²) in [6.07, 6.45) is 22.4. The molecule has 0 rings (SSSR count). The molecule has 160 valence electrons. The van der Waals surface area contributed by atoms with Gasteiger partial charge in [0.2, 0.25) is 0 Å². The second-order valence-electron chi connectivity index (χ2n) is 7.39. The summed E-state index contributed by atoms with van der Waals surface area (Å²) in [5.41, 5.74) is 0. The number of aliphatic hydroxyl groups excluding tert-OH is 2. The maximum Gasteiger partial charge on any atom is 0.179 e. The average molecular weight is 384 g/mol. The minimum atomic E-state index is -0.579. The molecule has 0 aliphatic rings. The van der Waals surface area contributed by atoms with E-state index in [9.17, 15) is 0 Å². The molecular formula is C23H45NO3. The van der Waals surface area contributed by atoms with Gasteiger partial charge in [-0.15, -0.1) is 0 Å². The van der Waals surface area contributed by atoms with Gasteiger partial charge in [-0.05, 0) is 38.7 Å². The Labute approximate surface area is 168 Å². The lowest BCUT2D eigenvalue weighted by atomic mass is 10.1. The lowest BCUT2D eigenvalue weighted by molar-refractivity contribution is 0.0110. The lowest BCUT2D eigenvalue weighted by Gasteiger charge is -2.17. The number of hydrogen-bond acceptors (Lipinski definition) is 4. The van der Waals surface area contributed by atoms with E-state index in [4.69, 9.17) is 14.9 Å². The van der Waals surface area contributed by atoms with Crippen LogP contribution < -0.4 is 5.32 Å². The van der Waals surface area contributed by atoms with Crippen LogP contribution in [0, 0.1) is 0 Å². The van der Waals surface area contributed by atoms with Gasteiger partial charge in [-0.1, -0.05) is 76.9 Å². The number of allylic oxidation sites excluding steroid dienone is 2. The Kier molecular flexibility index (Phi) is 20.5. The molecule has 27 heavy (non-hydrogen) atoms. The smallest absolute Gasteiger partial charge is 0.179 e. The largest absolute Gasteiger partial charge is 0.472 e. The van der Waals surface area contributed by atoms with Crippen molar-refractivity contribution in [3.05, 3.63) is 24.6 Å². The minimum absolute atomic E-state index is 0.203. The first-order valence-corrected chi connectivity index (χ1v) is 11.2. The van der Waals surface area contributed by atoms with Gasteiger partial charge in [0.1, 0.15) is 6.10 Å². The number of ether oxygens (including phenoxy) is 1. The molecule has 0 aromatic carbocycles. The fourth-order valence-electron chi connectivity index (χ4n) is 2.98. The highest BCUT2D eigenvalue weighted by molar-refractivity contribution is 4.81. The quantitative estimate of drug-likeness (QED) is 0.140. The van der Waals surface area contributed by atoms with Crippen LogP contribution in [0.5, 0.6) is 0 Å². The molecule has 0 radical (unpaired) electrons. The van der Waals surface area contributed by atoms with Crippen LogP contribution in [0.15, 0.2) is 24.6 Å². The van der Waals surface area contributed by atoms with Crippen molar-refractivity contribution < 1.29 is 14.9 Å². The number of hydrogen-bond donors (Lipinski definition) is 3. The van der Waals surface area contributed by atoms with Gasteiger partial charge >= 0.3 is 0 Å². The van der Waals surface area contributed by atoms with Gasteiger partial charge in [0.15, 0.2) is 5.88 Å². The maximum absolute atomic E-state index is 8.94. The van der Waals surface area contributed by atoms with E-state index in [-0.39, 0.29) is 13.2 Å². The van der Waals surface area contributed by atoms with E-state index in [0.717, 1.165) is 13.0 Å². The average Bonchev–Trinajstić information content (AvgIpc) is 2.68. The Morgan fingerprint density at radius 3 is 1.81 bits per heavy atom. The highest BCUT2D eigenvalue weighted by Crippen LogP contribution is 2.10. The summed E-state index contributed by atoms with van der Waals surface area (Å²) >= 11 is 0. The molecule has 0 bridgehead atoms. The molecule has 0 aromatic rings. The van der Waals surface area contributed by atoms with Gasteiger partial charge in [0, 0.05) is 6.54 Å². The van der Waals surface area contributed by atoms with Crippen LogP contribution in [0.4, 0.5) is 0 Å². The fraction of sp³-hybridized carbons (Fsp3) is 0.826. The van der Waals surface area contributed by atoms with E-state index in [1.807, 2.05) is 0 Å². The SMILES string of the molecule is C=C(NCCCCCCCC/C=C/CCCCCCCC)OC(CO)CO. The van der Waals surface area contributed by atoms with Crippen LogP contribution in [-0.2, 0) is 4.74 Å². The van der Waals surface area contributed by atoms with Crippen LogP contribution in [0.25, 0.3) is 0 Å². The van der Waals surface area contributed by atoms with Crippen LogP contribution in [0.2, 0.25) is 0 Å². The van der Waals surface area contributed by atoms with E-state index in [1.165, 1.54) is 83.5 Å². The molecule has 0 saturated heterocycles. The molecule has 0 saturated carbocycles. The zero-order chi connectivity index (χ0) is 20.0. The van der Waals surface area contributed by atoms with Gasteiger partial charge in [0.05, 0.1) is 13.2 Å². The van der Waals surface area contributed by atoms with Gasteiger partial charge in [-0.25, -0.2) is 0 Å². The Bertz CT molecular complexity index is 341. The standard InChI is InChI=1S/C23H45NO3/c1-3-4-5-6-7-8-9-10-11-12-13-14-15-16-17-18-19-24-22(2)27-23(20-25)21-26/h10-11,23-26H,2-9,12-21H2,1H3/b11-10+. The number of nitrogens with one attached hydrogen (secondary N) is 1. The van der Waals surface area contributed by atoms with E-state index < -0.39 is 6.10 Å². The second kappa shape index (κ2) is 21.3. The highest BCUT2D eigenvalue weighted by Gasteiger charge is 2.07. The summed E-state index contributed by atoms with van der Waals surface area (Å²) in [5.74, 6) is 0.427. The number of rotatable bonds is 21. The number of aliphatic hydroxyl groups is 2. The molecule has 0 unspecified atom stereocenters. The Morgan fingerprint density at radius 2 is 1.30 bits per heavy atom. The van der Waals surface area contributed by atoms with Crippen molar-refractivity contribution >= 4 is 0 Å². The van der Waals surface area contributed by atoms with Crippen LogP contribution in [0.1, 0.15) is 96.8 Å². The minimum Gasteiger partial charge on any atom is -0.472 e. The van der Waals surface area contributed by atoms with Crippen molar-refractivity contribution in [3.8, 4) is 0 Å². The van der Waals surface area contributed by atoms with Crippen molar-refractivity contribution in [1.82, 2.24) is 5.32 Å². The summed E-state index contributed by atoms with van der Waals surface area (Å²) in [6, 6.07) is 0. The molecule has 3 N–H and O–H groups in total. The Hall–Kier alpha value is -1.00. The fourth-order valence-corrected chi connectivity index (χ4v) is 2.98. The maximum atomic E-state index is 8.94. The van der Waals surface area contributed by atoms with Crippen LogP contribution in [0.3, 0.4) is 0 Å². The zero-order valence-electron chi connectivity index (χ0n) is 17.8. The molecular weight excluding hydrogens is 338 g/mol. The first-order valence-electron chi connectivity index (χ1n) is 11.2. The first-order chi connectivity index (χ1) is 13.2. The van der Waals surface area contributed by atoms with Gasteiger partial charge in [0.25, 0.3) is 0 Å². The van der Waals surface area contributed by atoms with Crippen molar-refractivity contribution in [3.63, 3.8) is 0 Å². The van der Waals surface area contributed by atoms with E-state index in [1.54, 1.807) is 0 Å². The molecule has 0 aliphatic carbocycles. The number of unbranched alkanes of at least 4 members (excludes halogenated alkanes) is 12. The van der Waals surface area contributed by atoms with Crippen molar-refractivity contribution in [2.24, 2.45) is 0 Å². The molecule has 4 nitrogen and oxygen atoms in total. The lowest BCUT2D eigenvalue weighted by Crippen LogP contribution is -2.26. The molecule has 0 heterocycles. The van der Waals surface area contributed by atoms with E-state index in [0.29, 0.717) is 5.88 Å². The summed E-state index contributed by atoms with van der Waals surface area (Å²) in [5, 5.41) is 21.0. The summed E-state index contributed by atoms with van der Waals surface area (Å²) in [4.78, 5) is 0. The van der Waals surface area contributed by atoms with Crippen molar-refractivity contribution in [1.29, 1.82) is 0 Å². The Morgan fingerprint density at radius 1 is 0.815 bits per heavy atom. The van der Waals surface area contributed by atoms with Crippen LogP contribution >= 0.6 is 0 Å². The molecule has 0 atom stereocenters. The van der Waals surface area contributed by atoms with Crippen molar-refractivity contribution in [2.75, 3.05) is 19.8 Å². The molecule has 4 heteroatoms. The Balaban J connectivity index is 3.24. The van der Waals surface area contributed by atoms with E-state index >= 15 is 0 Å². The van der Waals surface area contributed by atoms with Crippen molar-refractivity contribution in [2.45, 2.75) is 103 Å². The summed E-state index contributed by atoms with van der Waals surface area (Å²) < 4.78 is 5.27.